The Morgan fingerprint density at radius 2 is 1.88 bits per heavy atom. The molecule has 0 amide bonds. The molecule has 1 aromatic heterocycles. The molecule has 3 aromatic rings. The fourth-order valence-corrected chi connectivity index (χ4v) is 2.68. The highest BCUT2D eigenvalue weighted by Gasteiger charge is 2.13. The average Bonchev–Trinajstić information content (AvgIpc) is 2.93. The van der Waals surface area contributed by atoms with Gasteiger partial charge in [-0.25, -0.2) is 4.99 Å². The normalized spacial score (nSPS) is 10.8. The summed E-state index contributed by atoms with van der Waals surface area (Å²) >= 11 is 3.42. The number of rotatable bonds is 5. The molecule has 4 nitrogen and oxygen atoms in total. The maximum Gasteiger partial charge on any atom is 0.237 e. The maximum absolute atomic E-state index is 9.28. The van der Waals surface area contributed by atoms with Gasteiger partial charge in [-0.05, 0) is 43.7 Å². The van der Waals surface area contributed by atoms with Crippen molar-refractivity contribution >= 4 is 28.0 Å². The van der Waals surface area contributed by atoms with Crippen molar-refractivity contribution in [2.45, 2.75) is 20.5 Å². The predicted octanol–water partition coefficient (Wildman–Crippen LogP) is 5.86. The highest BCUT2D eigenvalue weighted by atomic mass is 79.9. The summed E-state index contributed by atoms with van der Waals surface area (Å²) in [6, 6.07) is 17.8. The van der Waals surface area contributed by atoms with Crippen molar-refractivity contribution < 1.29 is 9.15 Å². The Morgan fingerprint density at radius 1 is 1.15 bits per heavy atom. The van der Waals surface area contributed by atoms with E-state index in [1.54, 1.807) is 6.21 Å². The van der Waals surface area contributed by atoms with Crippen molar-refractivity contribution in [1.82, 2.24) is 0 Å². The minimum absolute atomic E-state index is 0.324. The molecule has 5 heteroatoms. The second-order valence-corrected chi connectivity index (χ2v) is 6.70. The number of hydrogen-bond donors (Lipinski definition) is 0. The van der Waals surface area contributed by atoms with Crippen LogP contribution in [0.25, 0.3) is 0 Å². The molecule has 3 rings (SSSR count). The first-order chi connectivity index (χ1) is 12.6. The summed E-state index contributed by atoms with van der Waals surface area (Å²) in [6.07, 6.45) is 1.66. The lowest BCUT2D eigenvalue weighted by Crippen LogP contribution is -1.98. The molecule has 0 radical (unpaired) electrons. The van der Waals surface area contributed by atoms with Gasteiger partial charge in [-0.15, -0.1) is 0 Å². The SMILES string of the molecule is Cc1oc(/N=C/c2ccccc2OCc2ccc(Br)cc2)c(C#N)c1C. The van der Waals surface area contributed by atoms with E-state index in [4.69, 9.17) is 9.15 Å². The lowest BCUT2D eigenvalue weighted by Gasteiger charge is -2.09. The van der Waals surface area contributed by atoms with Gasteiger partial charge in [0.1, 0.15) is 29.7 Å². The van der Waals surface area contributed by atoms with Crippen molar-refractivity contribution in [1.29, 1.82) is 5.26 Å². The zero-order valence-electron chi connectivity index (χ0n) is 14.5. The second kappa shape index (κ2) is 8.03. The second-order valence-electron chi connectivity index (χ2n) is 5.79. The Hall–Kier alpha value is -2.84. The minimum Gasteiger partial charge on any atom is -0.488 e. The van der Waals surface area contributed by atoms with Crippen molar-refractivity contribution in [3.8, 4) is 11.8 Å². The summed E-state index contributed by atoms with van der Waals surface area (Å²) < 4.78 is 12.5. The van der Waals surface area contributed by atoms with Crippen LogP contribution in [0, 0.1) is 25.2 Å². The molecule has 0 atom stereocenters. The number of aryl methyl sites for hydroxylation is 1. The lowest BCUT2D eigenvalue weighted by molar-refractivity contribution is 0.306. The predicted molar refractivity (Wildman–Crippen MR) is 105 cm³/mol. The van der Waals surface area contributed by atoms with Gasteiger partial charge in [0.25, 0.3) is 0 Å². The van der Waals surface area contributed by atoms with E-state index in [9.17, 15) is 5.26 Å². The highest BCUT2D eigenvalue weighted by molar-refractivity contribution is 9.10. The molecule has 0 aliphatic heterocycles. The van der Waals surface area contributed by atoms with Crippen molar-refractivity contribution in [3.05, 3.63) is 81.0 Å². The molecule has 0 bridgehead atoms. The van der Waals surface area contributed by atoms with E-state index in [0.29, 0.717) is 23.8 Å². The fourth-order valence-electron chi connectivity index (χ4n) is 2.42. The Balaban J connectivity index is 1.80. The van der Waals surface area contributed by atoms with Gasteiger partial charge in [0, 0.05) is 21.8 Å². The molecule has 0 spiro atoms. The monoisotopic (exact) mass is 408 g/mol. The van der Waals surface area contributed by atoms with E-state index in [1.807, 2.05) is 62.4 Å². The summed E-state index contributed by atoms with van der Waals surface area (Å²) in [4.78, 5) is 4.36. The minimum atomic E-state index is 0.324. The van der Waals surface area contributed by atoms with Crippen LogP contribution >= 0.6 is 15.9 Å². The summed E-state index contributed by atoms with van der Waals surface area (Å²) in [5.74, 6) is 1.75. The average molecular weight is 409 g/mol. The zero-order valence-corrected chi connectivity index (χ0v) is 16.1. The van der Waals surface area contributed by atoms with Crippen molar-refractivity contribution in [2.75, 3.05) is 0 Å². The molecule has 0 N–H and O–H groups in total. The van der Waals surface area contributed by atoms with Crippen LogP contribution in [0.4, 0.5) is 5.88 Å². The van der Waals surface area contributed by atoms with Gasteiger partial charge in [0.15, 0.2) is 0 Å². The largest absolute Gasteiger partial charge is 0.488 e. The van der Waals surface area contributed by atoms with Crippen LogP contribution in [-0.4, -0.2) is 6.21 Å². The molecule has 26 heavy (non-hydrogen) atoms. The van der Waals surface area contributed by atoms with Gasteiger partial charge in [-0.3, -0.25) is 0 Å². The first kappa shape index (κ1) is 18.0. The Morgan fingerprint density at radius 3 is 2.62 bits per heavy atom. The quantitative estimate of drug-likeness (QED) is 0.496. The fraction of sp³-hybridized carbons (Fsp3) is 0.143. The van der Waals surface area contributed by atoms with Crippen molar-refractivity contribution in [3.63, 3.8) is 0 Å². The maximum atomic E-state index is 9.28. The Labute approximate surface area is 160 Å². The summed E-state index contributed by atoms with van der Waals surface area (Å²) in [6.45, 7) is 4.14. The van der Waals surface area contributed by atoms with E-state index in [2.05, 4.69) is 27.0 Å². The third-order valence-corrected chi connectivity index (χ3v) is 4.55. The lowest BCUT2D eigenvalue weighted by atomic mass is 10.2. The highest BCUT2D eigenvalue weighted by Crippen LogP contribution is 2.28. The number of para-hydroxylation sites is 1. The van der Waals surface area contributed by atoms with Gasteiger partial charge < -0.3 is 9.15 Å². The van der Waals surface area contributed by atoms with Gasteiger partial charge in [0.05, 0.1) is 0 Å². The number of benzene rings is 2. The molecule has 0 saturated heterocycles. The summed E-state index contributed by atoms with van der Waals surface area (Å²) in [7, 11) is 0. The van der Waals surface area contributed by atoms with E-state index in [1.165, 1.54) is 0 Å². The Kier molecular flexibility index (Phi) is 5.55. The zero-order chi connectivity index (χ0) is 18.5. The molecule has 0 fully saturated rings. The topological polar surface area (TPSA) is 58.5 Å². The molecule has 0 aliphatic rings. The first-order valence-corrected chi connectivity index (χ1v) is 8.88. The number of nitrogens with zero attached hydrogens (tertiary/aromatic N) is 2. The number of furan rings is 1. The summed E-state index contributed by atoms with van der Waals surface area (Å²) in [5.41, 5.74) is 3.18. The van der Waals surface area contributed by atoms with Crippen LogP contribution in [0.15, 0.2) is 62.4 Å². The number of nitriles is 1. The van der Waals surface area contributed by atoms with Crippen molar-refractivity contribution in [2.24, 2.45) is 4.99 Å². The molecule has 0 unspecified atom stereocenters. The third kappa shape index (κ3) is 4.04. The number of aliphatic imine (C=N–C) groups is 1. The molecular weight excluding hydrogens is 392 g/mol. The molecule has 130 valence electrons. The molecule has 0 aliphatic carbocycles. The first-order valence-electron chi connectivity index (χ1n) is 8.09. The van der Waals surface area contributed by atoms with Gasteiger partial charge in [0.2, 0.25) is 5.88 Å². The molecule has 0 saturated carbocycles. The standard InChI is InChI=1S/C21H17BrN2O2/c1-14-15(2)26-21(19(14)11-23)24-12-17-5-3-4-6-20(17)25-13-16-7-9-18(22)10-8-16/h3-10,12H,13H2,1-2H3/b24-12+. The Bertz CT molecular complexity index is 982. The van der Waals surface area contributed by atoms with E-state index in [0.717, 1.165) is 26.9 Å². The van der Waals surface area contributed by atoms with Crippen LogP contribution in [0.2, 0.25) is 0 Å². The van der Waals surface area contributed by atoms with Crippen LogP contribution in [0.1, 0.15) is 28.0 Å². The number of ether oxygens (including phenoxy) is 1. The number of halogens is 1. The van der Waals surface area contributed by atoms with Crippen LogP contribution in [-0.2, 0) is 6.61 Å². The van der Waals surface area contributed by atoms with Gasteiger partial charge in [-0.1, -0.05) is 40.2 Å². The molecule has 1 heterocycles. The van der Waals surface area contributed by atoms with Crippen LogP contribution < -0.4 is 4.74 Å². The van der Waals surface area contributed by atoms with Gasteiger partial charge in [-0.2, -0.15) is 5.26 Å². The third-order valence-electron chi connectivity index (χ3n) is 4.03. The number of hydrogen-bond acceptors (Lipinski definition) is 4. The van der Waals surface area contributed by atoms with Crippen LogP contribution in [0.5, 0.6) is 5.75 Å². The van der Waals surface area contributed by atoms with Crippen LogP contribution in [0.3, 0.4) is 0 Å². The van der Waals surface area contributed by atoms with E-state index >= 15 is 0 Å². The van der Waals surface area contributed by atoms with Gasteiger partial charge >= 0.3 is 0 Å². The van der Waals surface area contributed by atoms with E-state index < -0.39 is 0 Å². The van der Waals surface area contributed by atoms with E-state index in [-0.39, 0.29) is 0 Å². The smallest absolute Gasteiger partial charge is 0.237 e. The molecule has 2 aromatic carbocycles. The molecular formula is C21H17BrN2O2. The summed E-state index contributed by atoms with van der Waals surface area (Å²) in [5, 5.41) is 9.28.